The number of nitrogens with zero attached hydrogens (tertiary/aromatic N) is 4. The molecule has 7 heteroatoms. The van der Waals surface area contributed by atoms with Gasteiger partial charge in [0.05, 0.1) is 5.69 Å². The molecule has 5 rings (SSSR count). The topological polar surface area (TPSA) is 76.8 Å². The number of amides is 1. The quantitative estimate of drug-likeness (QED) is 0.548. The number of nitrogens with one attached hydrogen (secondary N) is 2. The zero-order valence-corrected chi connectivity index (χ0v) is 16.9. The Morgan fingerprint density at radius 3 is 2.57 bits per heavy atom. The third-order valence-electron chi connectivity index (χ3n) is 5.54. The minimum absolute atomic E-state index is 0.0247. The lowest BCUT2D eigenvalue weighted by Gasteiger charge is -2.17. The number of aromatic nitrogens is 4. The monoisotopic (exact) mass is 398 g/mol. The highest BCUT2D eigenvalue weighted by atomic mass is 16.2. The summed E-state index contributed by atoms with van der Waals surface area (Å²) >= 11 is 0. The van der Waals surface area contributed by atoms with Gasteiger partial charge in [0.15, 0.2) is 0 Å². The fourth-order valence-electron chi connectivity index (χ4n) is 4.12. The summed E-state index contributed by atoms with van der Waals surface area (Å²) in [6.07, 6.45) is 5.77. The number of carbonyl (C=O) groups excluding carboxylic acids is 1. The van der Waals surface area contributed by atoms with Gasteiger partial charge in [-0.3, -0.25) is 4.79 Å². The number of carbonyl (C=O) groups is 1. The van der Waals surface area contributed by atoms with Gasteiger partial charge in [0.25, 0.3) is 5.91 Å². The number of hydrogen-bond donors (Lipinski definition) is 2. The first-order valence-corrected chi connectivity index (χ1v) is 9.93. The van der Waals surface area contributed by atoms with Gasteiger partial charge in [0, 0.05) is 54.3 Å². The molecule has 1 aliphatic heterocycles. The highest BCUT2D eigenvalue weighted by Crippen LogP contribution is 2.32. The van der Waals surface area contributed by atoms with E-state index in [4.69, 9.17) is 4.98 Å². The van der Waals surface area contributed by atoms with Crippen molar-refractivity contribution in [3.8, 4) is 16.9 Å². The molecule has 1 aromatic carbocycles. The summed E-state index contributed by atoms with van der Waals surface area (Å²) in [5.41, 5.74) is 6.53. The third-order valence-corrected chi connectivity index (χ3v) is 5.54. The summed E-state index contributed by atoms with van der Waals surface area (Å²) in [5.74, 6) is 0.497. The van der Waals surface area contributed by atoms with Crippen molar-refractivity contribution in [2.45, 2.75) is 20.4 Å². The first-order chi connectivity index (χ1) is 14.6. The largest absolute Gasteiger partial charge is 0.349 e. The van der Waals surface area contributed by atoms with Crippen molar-refractivity contribution in [1.29, 1.82) is 0 Å². The zero-order valence-electron chi connectivity index (χ0n) is 16.9. The molecule has 150 valence electrons. The van der Waals surface area contributed by atoms with E-state index in [0.717, 1.165) is 46.1 Å². The number of fused-ring (bicyclic) bond motifs is 1. The van der Waals surface area contributed by atoms with E-state index in [1.54, 1.807) is 6.20 Å². The fourth-order valence-corrected chi connectivity index (χ4v) is 4.12. The average Bonchev–Trinajstić information content (AvgIpc) is 3.37. The molecule has 7 nitrogen and oxygen atoms in total. The zero-order chi connectivity index (χ0) is 20.7. The molecule has 3 aromatic heterocycles. The van der Waals surface area contributed by atoms with E-state index in [-0.39, 0.29) is 5.91 Å². The summed E-state index contributed by atoms with van der Waals surface area (Å²) in [5, 5.41) is 6.20. The van der Waals surface area contributed by atoms with Gasteiger partial charge in [-0.25, -0.2) is 9.97 Å². The van der Waals surface area contributed by atoms with E-state index in [1.807, 2.05) is 68.7 Å². The second-order valence-corrected chi connectivity index (χ2v) is 7.37. The maximum Gasteiger partial charge on any atom is 0.268 e. The van der Waals surface area contributed by atoms with Gasteiger partial charge >= 0.3 is 0 Å². The van der Waals surface area contributed by atoms with Gasteiger partial charge in [0.1, 0.15) is 5.69 Å². The van der Waals surface area contributed by atoms with Gasteiger partial charge in [-0.05, 0) is 61.9 Å². The normalized spacial score (nSPS) is 13.1. The maximum absolute atomic E-state index is 12.3. The van der Waals surface area contributed by atoms with Crippen LogP contribution in [-0.2, 0) is 6.54 Å². The first kappa shape index (κ1) is 18.2. The molecule has 1 aliphatic rings. The van der Waals surface area contributed by atoms with Crippen LogP contribution < -0.4 is 10.6 Å². The second-order valence-electron chi connectivity index (χ2n) is 7.37. The molecule has 0 saturated carbocycles. The highest BCUT2D eigenvalue weighted by molar-refractivity contribution is 5.97. The van der Waals surface area contributed by atoms with Crippen molar-refractivity contribution >= 4 is 17.5 Å². The predicted octanol–water partition coefficient (Wildman–Crippen LogP) is 3.84. The Hall–Kier alpha value is -3.87. The molecule has 2 N–H and O–H groups in total. The van der Waals surface area contributed by atoms with Gasteiger partial charge < -0.3 is 19.8 Å². The van der Waals surface area contributed by atoms with Crippen LogP contribution in [0.3, 0.4) is 0 Å². The van der Waals surface area contributed by atoms with Gasteiger partial charge in [0.2, 0.25) is 5.95 Å². The van der Waals surface area contributed by atoms with Crippen LogP contribution in [0.1, 0.15) is 21.7 Å². The van der Waals surface area contributed by atoms with E-state index >= 15 is 0 Å². The number of anilines is 2. The summed E-state index contributed by atoms with van der Waals surface area (Å²) < 4.78 is 4.14. The third kappa shape index (κ3) is 3.04. The Morgan fingerprint density at radius 2 is 1.83 bits per heavy atom. The summed E-state index contributed by atoms with van der Waals surface area (Å²) in [7, 11) is 0. The summed E-state index contributed by atoms with van der Waals surface area (Å²) in [4.78, 5) is 21.4. The van der Waals surface area contributed by atoms with Crippen LogP contribution in [0.15, 0.2) is 61.1 Å². The van der Waals surface area contributed by atoms with Gasteiger partial charge in [-0.2, -0.15) is 0 Å². The Bertz CT molecular complexity index is 1220. The Labute approximate surface area is 174 Å². The first-order valence-electron chi connectivity index (χ1n) is 9.93. The molecule has 0 bridgehead atoms. The fraction of sp³-hybridized carbons (Fsp3) is 0.174. The number of hydrogen-bond acceptors (Lipinski definition) is 4. The van der Waals surface area contributed by atoms with Crippen molar-refractivity contribution in [2.75, 3.05) is 11.9 Å². The molecule has 4 heterocycles. The summed E-state index contributed by atoms with van der Waals surface area (Å²) in [6.45, 7) is 5.45. The highest BCUT2D eigenvalue weighted by Gasteiger charge is 2.26. The van der Waals surface area contributed by atoms with Crippen LogP contribution >= 0.6 is 0 Å². The molecular formula is C23H22N6O. The van der Waals surface area contributed by atoms with Crippen LogP contribution in [0.5, 0.6) is 0 Å². The van der Waals surface area contributed by atoms with Crippen LogP contribution in [0, 0.1) is 13.8 Å². The molecule has 0 fully saturated rings. The van der Waals surface area contributed by atoms with Crippen molar-refractivity contribution in [1.82, 2.24) is 24.4 Å². The van der Waals surface area contributed by atoms with Crippen LogP contribution in [-0.4, -0.2) is 31.6 Å². The van der Waals surface area contributed by atoms with E-state index in [2.05, 4.69) is 24.8 Å². The molecule has 30 heavy (non-hydrogen) atoms. The van der Waals surface area contributed by atoms with Crippen molar-refractivity contribution in [2.24, 2.45) is 0 Å². The van der Waals surface area contributed by atoms with Crippen LogP contribution in [0.2, 0.25) is 0 Å². The summed E-state index contributed by atoms with van der Waals surface area (Å²) in [6, 6.07) is 14.0. The molecule has 0 aliphatic carbocycles. The molecule has 1 amide bonds. The van der Waals surface area contributed by atoms with Crippen LogP contribution in [0.25, 0.3) is 16.9 Å². The van der Waals surface area contributed by atoms with Gasteiger partial charge in [-0.15, -0.1) is 0 Å². The molecule has 0 saturated heterocycles. The lowest BCUT2D eigenvalue weighted by molar-refractivity contribution is 0.0926. The molecular weight excluding hydrogens is 376 g/mol. The van der Waals surface area contributed by atoms with Crippen LogP contribution in [0.4, 0.5) is 11.6 Å². The van der Waals surface area contributed by atoms with Crippen molar-refractivity contribution < 1.29 is 4.79 Å². The van der Waals surface area contributed by atoms with Crippen molar-refractivity contribution in [3.05, 3.63) is 78.0 Å². The molecule has 0 radical (unpaired) electrons. The van der Waals surface area contributed by atoms with E-state index in [0.29, 0.717) is 12.5 Å². The second kappa shape index (κ2) is 7.18. The molecule has 4 aromatic rings. The minimum atomic E-state index is -0.0247. The predicted molar refractivity (Wildman–Crippen MR) is 116 cm³/mol. The minimum Gasteiger partial charge on any atom is -0.349 e. The van der Waals surface area contributed by atoms with E-state index < -0.39 is 0 Å². The Balaban J connectivity index is 1.45. The lowest BCUT2D eigenvalue weighted by atomic mass is 10.1. The van der Waals surface area contributed by atoms with Crippen molar-refractivity contribution in [3.63, 3.8) is 0 Å². The standard InChI is InChI=1S/C23H22N6O/c1-15-20(16(2)29-14-11-24-22(30)21(15)29)19-9-10-25-23(27-19)26-17-5-7-18(8-6-17)28-12-3-4-13-28/h3-10,12-13H,11,14H2,1-2H3,(H,24,30)(H,25,26,27). The van der Waals surface area contributed by atoms with E-state index in [1.165, 1.54) is 0 Å². The average molecular weight is 398 g/mol. The lowest BCUT2D eigenvalue weighted by Crippen LogP contribution is -2.35. The molecule has 0 atom stereocenters. The number of benzene rings is 1. The van der Waals surface area contributed by atoms with E-state index in [9.17, 15) is 4.79 Å². The molecule has 0 unspecified atom stereocenters. The molecule has 0 spiro atoms. The van der Waals surface area contributed by atoms with Gasteiger partial charge in [-0.1, -0.05) is 0 Å². The Morgan fingerprint density at radius 1 is 1.07 bits per heavy atom. The Kier molecular flexibility index (Phi) is 4.35. The number of rotatable bonds is 4. The smallest absolute Gasteiger partial charge is 0.268 e. The maximum atomic E-state index is 12.3. The SMILES string of the molecule is Cc1c(-c2ccnc(Nc3ccc(-n4cccc4)cc3)n2)c(C)n2c1C(=O)NCC2.